The fraction of sp³-hybridized carbons (Fsp3) is 0.400. The number of pyridine rings is 1. The van der Waals surface area contributed by atoms with Crippen LogP contribution in [0.1, 0.15) is 23.3 Å². The Morgan fingerprint density at radius 1 is 0.923 bits per heavy atom. The molecular weight excluding hydrogens is 328 g/mol. The zero-order valence-electron chi connectivity index (χ0n) is 14.9. The number of carbonyl (C=O) groups excluding carboxylic acids is 1. The monoisotopic (exact) mass is 352 g/mol. The van der Waals surface area contributed by atoms with E-state index in [4.69, 9.17) is 4.74 Å². The van der Waals surface area contributed by atoms with Crippen LogP contribution in [0.25, 0.3) is 0 Å². The van der Waals surface area contributed by atoms with Crippen molar-refractivity contribution in [3.63, 3.8) is 0 Å². The number of morpholine rings is 1. The summed E-state index contributed by atoms with van der Waals surface area (Å²) < 4.78 is 5.28. The van der Waals surface area contributed by atoms with Gasteiger partial charge in [-0.3, -0.25) is 4.79 Å². The SMILES string of the molecule is O=C(c1ccc(Nc2ccc(N3CCCC3)cc2)cn1)N1CCOCC1. The summed E-state index contributed by atoms with van der Waals surface area (Å²) in [7, 11) is 0. The molecule has 0 aliphatic carbocycles. The van der Waals surface area contributed by atoms with Gasteiger partial charge in [0.15, 0.2) is 0 Å². The molecule has 0 radical (unpaired) electrons. The van der Waals surface area contributed by atoms with Gasteiger partial charge in [-0.25, -0.2) is 4.98 Å². The van der Waals surface area contributed by atoms with Gasteiger partial charge in [-0.15, -0.1) is 0 Å². The van der Waals surface area contributed by atoms with E-state index in [-0.39, 0.29) is 5.91 Å². The van der Waals surface area contributed by atoms with Gasteiger partial charge >= 0.3 is 0 Å². The Hall–Kier alpha value is -2.60. The highest BCUT2D eigenvalue weighted by atomic mass is 16.5. The zero-order chi connectivity index (χ0) is 17.8. The molecule has 3 heterocycles. The van der Waals surface area contributed by atoms with E-state index >= 15 is 0 Å². The van der Waals surface area contributed by atoms with Gasteiger partial charge in [0, 0.05) is 37.6 Å². The molecule has 1 amide bonds. The van der Waals surface area contributed by atoms with Gasteiger partial charge in [0.1, 0.15) is 5.69 Å². The highest BCUT2D eigenvalue weighted by molar-refractivity contribution is 5.92. The molecule has 0 unspecified atom stereocenters. The van der Waals surface area contributed by atoms with Crippen LogP contribution in [0.3, 0.4) is 0 Å². The molecule has 2 aliphatic heterocycles. The van der Waals surface area contributed by atoms with E-state index in [1.807, 2.05) is 6.07 Å². The van der Waals surface area contributed by atoms with Crippen molar-refractivity contribution in [2.75, 3.05) is 49.6 Å². The maximum Gasteiger partial charge on any atom is 0.272 e. The standard InChI is InChI=1S/C20H24N4O2/c25-20(24-11-13-26-14-12-24)19-8-5-17(15-21-19)22-16-3-6-18(7-4-16)23-9-1-2-10-23/h3-8,15,22H,1-2,9-14H2. The molecule has 0 bridgehead atoms. The van der Waals surface area contributed by atoms with E-state index in [1.54, 1.807) is 17.2 Å². The maximum absolute atomic E-state index is 12.4. The minimum Gasteiger partial charge on any atom is -0.378 e. The van der Waals surface area contributed by atoms with Gasteiger partial charge in [-0.2, -0.15) is 0 Å². The lowest BCUT2D eigenvalue weighted by atomic mass is 10.2. The molecule has 0 atom stereocenters. The van der Waals surface area contributed by atoms with Gasteiger partial charge in [-0.1, -0.05) is 0 Å². The molecule has 2 fully saturated rings. The Morgan fingerprint density at radius 2 is 1.62 bits per heavy atom. The molecule has 6 nitrogen and oxygen atoms in total. The van der Waals surface area contributed by atoms with E-state index < -0.39 is 0 Å². The molecule has 0 spiro atoms. The van der Waals surface area contributed by atoms with Crippen molar-refractivity contribution < 1.29 is 9.53 Å². The second-order valence-electron chi connectivity index (χ2n) is 6.70. The van der Waals surface area contributed by atoms with Crippen molar-refractivity contribution >= 4 is 23.0 Å². The van der Waals surface area contributed by atoms with Gasteiger partial charge < -0.3 is 19.9 Å². The van der Waals surface area contributed by atoms with E-state index in [0.717, 1.165) is 24.5 Å². The summed E-state index contributed by atoms with van der Waals surface area (Å²) in [6.07, 6.45) is 4.27. The maximum atomic E-state index is 12.4. The number of aromatic nitrogens is 1. The van der Waals surface area contributed by atoms with Crippen LogP contribution < -0.4 is 10.2 Å². The van der Waals surface area contributed by atoms with Crippen LogP contribution in [0.5, 0.6) is 0 Å². The third kappa shape index (κ3) is 3.80. The molecule has 2 aromatic rings. The van der Waals surface area contributed by atoms with Crippen LogP contribution in [-0.2, 0) is 4.74 Å². The van der Waals surface area contributed by atoms with Crippen LogP contribution in [0.15, 0.2) is 42.6 Å². The molecule has 6 heteroatoms. The average Bonchev–Trinajstić information content (AvgIpc) is 3.24. The van der Waals surface area contributed by atoms with Crippen molar-refractivity contribution in [3.8, 4) is 0 Å². The molecule has 26 heavy (non-hydrogen) atoms. The van der Waals surface area contributed by atoms with Crippen LogP contribution in [0.4, 0.5) is 17.1 Å². The van der Waals surface area contributed by atoms with E-state index in [1.165, 1.54) is 18.5 Å². The van der Waals surface area contributed by atoms with Crippen LogP contribution in [0.2, 0.25) is 0 Å². The number of amides is 1. The normalized spacial score (nSPS) is 17.4. The van der Waals surface area contributed by atoms with Crippen LogP contribution >= 0.6 is 0 Å². The van der Waals surface area contributed by atoms with Gasteiger partial charge in [-0.05, 0) is 49.2 Å². The molecule has 2 saturated heterocycles. The van der Waals surface area contributed by atoms with Gasteiger partial charge in [0.05, 0.1) is 25.1 Å². The summed E-state index contributed by atoms with van der Waals surface area (Å²) in [5.74, 6) is -0.0326. The molecule has 4 rings (SSSR count). The summed E-state index contributed by atoms with van der Waals surface area (Å²) in [6, 6.07) is 12.1. The first-order valence-corrected chi connectivity index (χ1v) is 9.25. The molecular formula is C20H24N4O2. The van der Waals surface area contributed by atoms with Crippen molar-refractivity contribution in [2.24, 2.45) is 0 Å². The van der Waals surface area contributed by atoms with E-state index in [2.05, 4.69) is 39.5 Å². The molecule has 136 valence electrons. The van der Waals surface area contributed by atoms with E-state index in [9.17, 15) is 4.79 Å². The summed E-state index contributed by atoms with van der Waals surface area (Å²) in [5.41, 5.74) is 3.64. The topological polar surface area (TPSA) is 57.7 Å². The highest BCUT2D eigenvalue weighted by Gasteiger charge is 2.19. The lowest BCUT2D eigenvalue weighted by Crippen LogP contribution is -2.41. The van der Waals surface area contributed by atoms with Crippen LogP contribution in [-0.4, -0.2) is 55.2 Å². The van der Waals surface area contributed by atoms with Gasteiger partial charge in [0.2, 0.25) is 0 Å². The second-order valence-corrected chi connectivity index (χ2v) is 6.70. The first kappa shape index (κ1) is 16.8. The summed E-state index contributed by atoms with van der Waals surface area (Å²) in [4.78, 5) is 20.9. The molecule has 2 aliphatic rings. The zero-order valence-corrected chi connectivity index (χ0v) is 14.9. The fourth-order valence-corrected chi connectivity index (χ4v) is 3.42. The first-order chi connectivity index (χ1) is 12.8. The van der Waals surface area contributed by atoms with Crippen molar-refractivity contribution in [1.29, 1.82) is 0 Å². The smallest absolute Gasteiger partial charge is 0.272 e. The Bertz CT molecular complexity index is 733. The summed E-state index contributed by atoms with van der Waals surface area (Å²) >= 11 is 0. The predicted molar refractivity (Wildman–Crippen MR) is 102 cm³/mol. The summed E-state index contributed by atoms with van der Waals surface area (Å²) in [6.45, 7) is 4.75. The Balaban J connectivity index is 1.38. The van der Waals surface area contributed by atoms with Crippen molar-refractivity contribution in [2.45, 2.75) is 12.8 Å². The number of nitrogens with zero attached hydrogens (tertiary/aromatic N) is 3. The fourth-order valence-electron chi connectivity index (χ4n) is 3.42. The molecule has 1 N–H and O–H groups in total. The number of carbonyl (C=O) groups is 1. The number of rotatable bonds is 4. The summed E-state index contributed by atoms with van der Waals surface area (Å²) in [5, 5.41) is 3.34. The number of nitrogens with one attached hydrogen (secondary N) is 1. The second kappa shape index (κ2) is 7.74. The number of ether oxygens (including phenoxy) is 1. The minimum atomic E-state index is -0.0326. The van der Waals surface area contributed by atoms with Crippen molar-refractivity contribution in [1.82, 2.24) is 9.88 Å². The lowest BCUT2D eigenvalue weighted by molar-refractivity contribution is 0.0299. The Labute approximate surface area is 153 Å². The Morgan fingerprint density at radius 3 is 2.27 bits per heavy atom. The van der Waals surface area contributed by atoms with E-state index in [0.29, 0.717) is 32.0 Å². The predicted octanol–water partition coefficient (Wildman–Crippen LogP) is 2.90. The van der Waals surface area contributed by atoms with Crippen LogP contribution in [0, 0.1) is 0 Å². The third-order valence-electron chi connectivity index (χ3n) is 4.91. The molecule has 1 aromatic carbocycles. The molecule has 1 aromatic heterocycles. The third-order valence-corrected chi connectivity index (χ3v) is 4.91. The number of benzene rings is 1. The average molecular weight is 352 g/mol. The first-order valence-electron chi connectivity index (χ1n) is 9.25. The number of hydrogen-bond acceptors (Lipinski definition) is 5. The molecule has 0 saturated carbocycles. The highest BCUT2D eigenvalue weighted by Crippen LogP contribution is 2.23. The van der Waals surface area contributed by atoms with Gasteiger partial charge in [0.25, 0.3) is 5.91 Å². The lowest BCUT2D eigenvalue weighted by Gasteiger charge is -2.26. The minimum absolute atomic E-state index is 0.0326. The number of hydrogen-bond donors (Lipinski definition) is 1. The number of anilines is 3. The van der Waals surface area contributed by atoms with Crippen molar-refractivity contribution in [3.05, 3.63) is 48.3 Å². The quantitative estimate of drug-likeness (QED) is 0.917. The Kier molecular flexibility index (Phi) is 5.02. The largest absolute Gasteiger partial charge is 0.378 e.